The van der Waals surface area contributed by atoms with Crippen molar-refractivity contribution in [3.05, 3.63) is 53.5 Å². The summed E-state index contributed by atoms with van der Waals surface area (Å²) in [4.78, 5) is 22.4. The lowest BCUT2D eigenvalue weighted by atomic mass is 9.76. The van der Waals surface area contributed by atoms with Crippen LogP contribution < -0.4 is 4.74 Å². The van der Waals surface area contributed by atoms with E-state index in [9.17, 15) is 13.6 Å². The number of benzene rings is 1. The van der Waals surface area contributed by atoms with Crippen molar-refractivity contribution in [3.8, 4) is 11.9 Å². The monoisotopic (exact) mass is 398 g/mol. The molecule has 1 aromatic heterocycles. The molecule has 1 amide bonds. The summed E-state index contributed by atoms with van der Waals surface area (Å²) in [5, 5.41) is 8.90. The molecule has 7 nitrogen and oxygen atoms in total. The van der Waals surface area contributed by atoms with Gasteiger partial charge in [0.2, 0.25) is 5.88 Å². The Balaban J connectivity index is 1.31. The van der Waals surface area contributed by atoms with Crippen molar-refractivity contribution in [1.82, 2.24) is 14.9 Å². The summed E-state index contributed by atoms with van der Waals surface area (Å²) < 4.78 is 39.7. The Bertz CT molecular complexity index is 1030. The zero-order valence-corrected chi connectivity index (χ0v) is 15.2. The number of nitrogens with zero attached hydrogens (tertiary/aromatic N) is 4. The Morgan fingerprint density at radius 3 is 2.90 bits per heavy atom. The number of fused-ring (bicyclic) bond motifs is 1. The van der Waals surface area contributed by atoms with Crippen LogP contribution in [0.1, 0.15) is 43.0 Å². The van der Waals surface area contributed by atoms with Crippen LogP contribution in [0.2, 0.25) is 0 Å². The zero-order chi connectivity index (χ0) is 20.2. The number of carbonyl (C=O) groups is 1. The normalized spacial score (nSPS) is 30.2. The van der Waals surface area contributed by atoms with E-state index in [1.807, 2.05) is 6.07 Å². The van der Waals surface area contributed by atoms with Gasteiger partial charge in [-0.2, -0.15) is 5.26 Å². The zero-order valence-electron chi connectivity index (χ0n) is 15.2. The van der Waals surface area contributed by atoms with Crippen LogP contribution in [0.25, 0.3) is 0 Å². The Labute approximate surface area is 164 Å². The molecule has 0 bridgehead atoms. The Morgan fingerprint density at radius 2 is 2.10 bits per heavy atom. The van der Waals surface area contributed by atoms with Gasteiger partial charge in [-0.05, 0) is 18.9 Å². The quantitative estimate of drug-likeness (QED) is 0.790. The number of aromatic nitrogens is 2. The molecule has 5 rings (SSSR count). The maximum absolute atomic E-state index is 14.3. The molecule has 1 aliphatic carbocycles. The van der Waals surface area contributed by atoms with E-state index >= 15 is 0 Å². The Morgan fingerprint density at radius 1 is 1.28 bits per heavy atom. The molecular weight excluding hydrogens is 382 g/mol. The molecule has 1 aromatic carbocycles. The maximum Gasteiger partial charge on any atom is 0.257 e. The SMILES string of the molecule is N#Cc1cc(OC2CC3(C2)O[C@@H]2CC[C@@H](c4cccc(F)c4F)N2C3=O)ncn1. The molecule has 2 atom stereocenters. The number of rotatable bonds is 3. The first-order chi connectivity index (χ1) is 14.0. The van der Waals surface area contributed by atoms with Gasteiger partial charge < -0.3 is 14.4 Å². The summed E-state index contributed by atoms with van der Waals surface area (Å²) in [7, 11) is 0. The standard InChI is InChI=1S/C20H16F2N4O3/c21-14-3-1-2-13(18(14)22)15-4-5-17-26(15)19(27)20(29-17)7-12(8-20)28-16-6-11(9-23)24-10-25-16/h1-3,6,10,12,15,17H,4-5,7-8H2/t12?,15-,17+,20?/m0/s1. The highest BCUT2D eigenvalue weighted by molar-refractivity contribution is 5.89. The first-order valence-electron chi connectivity index (χ1n) is 9.34. The van der Waals surface area contributed by atoms with E-state index in [1.54, 1.807) is 4.90 Å². The third-order valence-electron chi connectivity index (χ3n) is 5.82. The second kappa shape index (κ2) is 6.46. The van der Waals surface area contributed by atoms with Gasteiger partial charge in [0.15, 0.2) is 17.2 Å². The molecular formula is C20H16F2N4O3. The van der Waals surface area contributed by atoms with Crippen molar-refractivity contribution in [3.63, 3.8) is 0 Å². The van der Waals surface area contributed by atoms with E-state index < -0.39 is 29.5 Å². The highest BCUT2D eigenvalue weighted by Gasteiger charge is 2.63. The summed E-state index contributed by atoms with van der Waals surface area (Å²) in [5.41, 5.74) is -0.625. The van der Waals surface area contributed by atoms with Crippen molar-refractivity contribution in [2.45, 2.75) is 49.7 Å². The van der Waals surface area contributed by atoms with E-state index in [0.29, 0.717) is 25.7 Å². The average molecular weight is 398 g/mol. The number of amides is 1. The van der Waals surface area contributed by atoms with Crippen LogP contribution in [0.4, 0.5) is 8.78 Å². The molecule has 0 unspecified atom stereocenters. The second-order valence-electron chi connectivity index (χ2n) is 7.52. The molecule has 2 aromatic rings. The molecule has 1 spiro atoms. The maximum atomic E-state index is 14.3. The first kappa shape index (κ1) is 17.9. The van der Waals surface area contributed by atoms with Gasteiger partial charge in [-0.1, -0.05) is 12.1 Å². The number of ether oxygens (including phenoxy) is 2. The third kappa shape index (κ3) is 2.75. The first-order valence-corrected chi connectivity index (χ1v) is 9.34. The van der Waals surface area contributed by atoms with Gasteiger partial charge >= 0.3 is 0 Å². The molecule has 0 N–H and O–H groups in total. The van der Waals surface area contributed by atoms with E-state index in [2.05, 4.69) is 9.97 Å². The van der Waals surface area contributed by atoms with Crippen LogP contribution in [-0.2, 0) is 9.53 Å². The van der Waals surface area contributed by atoms with Crippen LogP contribution in [0.3, 0.4) is 0 Å². The molecule has 2 saturated heterocycles. The molecule has 2 aliphatic heterocycles. The predicted molar refractivity (Wildman–Crippen MR) is 93.2 cm³/mol. The lowest BCUT2D eigenvalue weighted by molar-refractivity contribution is -0.162. The number of carbonyl (C=O) groups excluding carboxylic acids is 1. The number of halogens is 2. The minimum atomic E-state index is -0.997. The van der Waals surface area contributed by atoms with E-state index in [4.69, 9.17) is 14.7 Å². The molecule has 0 radical (unpaired) electrons. The highest BCUT2D eigenvalue weighted by atomic mass is 19.2. The van der Waals surface area contributed by atoms with Crippen molar-refractivity contribution in [1.29, 1.82) is 5.26 Å². The third-order valence-corrected chi connectivity index (χ3v) is 5.82. The fourth-order valence-corrected chi connectivity index (χ4v) is 4.46. The Kier molecular flexibility index (Phi) is 3.99. The van der Waals surface area contributed by atoms with E-state index in [0.717, 1.165) is 6.07 Å². The van der Waals surface area contributed by atoms with Crippen molar-refractivity contribution in [2.24, 2.45) is 0 Å². The molecule has 148 valence electrons. The smallest absolute Gasteiger partial charge is 0.257 e. The summed E-state index contributed by atoms with van der Waals surface area (Å²) >= 11 is 0. The van der Waals surface area contributed by atoms with Crippen LogP contribution in [-0.4, -0.2) is 38.7 Å². The topological polar surface area (TPSA) is 88.3 Å². The fourth-order valence-electron chi connectivity index (χ4n) is 4.46. The predicted octanol–water partition coefficient (Wildman–Crippen LogP) is 2.63. The Hall–Kier alpha value is -3.12. The van der Waals surface area contributed by atoms with Crippen LogP contribution in [0.15, 0.2) is 30.6 Å². The summed E-state index contributed by atoms with van der Waals surface area (Å²) in [5.74, 6) is -1.79. The van der Waals surface area contributed by atoms with E-state index in [-0.39, 0.29) is 29.1 Å². The van der Waals surface area contributed by atoms with Gasteiger partial charge in [-0.15, -0.1) is 0 Å². The summed E-state index contributed by atoms with van der Waals surface area (Å²) in [6, 6.07) is 6.83. The van der Waals surface area contributed by atoms with Gasteiger partial charge in [-0.3, -0.25) is 4.79 Å². The van der Waals surface area contributed by atoms with Gasteiger partial charge in [-0.25, -0.2) is 18.7 Å². The summed E-state index contributed by atoms with van der Waals surface area (Å²) in [6.45, 7) is 0. The molecule has 29 heavy (non-hydrogen) atoms. The highest BCUT2D eigenvalue weighted by Crippen LogP contribution is 2.52. The lowest BCUT2D eigenvalue weighted by Gasteiger charge is -2.41. The minimum absolute atomic E-state index is 0.179. The second-order valence-corrected chi connectivity index (χ2v) is 7.52. The molecule has 3 aliphatic rings. The van der Waals surface area contributed by atoms with Gasteiger partial charge in [0.1, 0.15) is 30.4 Å². The summed E-state index contributed by atoms with van der Waals surface area (Å²) in [6.07, 6.45) is 2.27. The number of hydrogen-bond acceptors (Lipinski definition) is 6. The van der Waals surface area contributed by atoms with E-state index in [1.165, 1.54) is 24.5 Å². The molecule has 3 fully saturated rings. The van der Waals surface area contributed by atoms with Crippen LogP contribution in [0, 0.1) is 23.0 Å². The van der Waals surface area contributed by atoms with Crippen LogP contribution >= 0.6 is 0 Å². The number of nitriles is 1. The lowest BCUT2D eigenvalue weighted by Crippen LogP contribution is -2.56. The van der Waals surface area contributed by atoms with Gasteiger partial charge in [0.05, 0.1) is 6.04 Å². The molecule has 3 heterocycles. The molecule has 1 saturated carbocycles. The molecule has 9 heteroatoms. The largest absolute Gasteiger partial charge is 0.474 e. The van der Waals surface area contributed by atoms with Crippen molar-refractivity contribution < 1.29 is 23.0 Å². The van der Waals surface area contributed by atoms with Crippen molar-refractivity contribution >= 4 is 5.91 Å². The van der Waals surface area contributed by atoms with Gasteiger partial charge in [0, 0.05) is 24.5 Å². The van der Waals surface area contributed by atoms with Crippen molar-refractivity contribution in [2.75, 3.05) is 0 Å². The fraction of sp³-hybridized carbons (Fsp3) is 0.400. The number of hydrogen-bond donors (Lipinski definition) is 0. The minimum Gasteiger partial charge on any atom is -0.474 e. The van der Waals surface area contributed by atoms with Crippen LogP contribution in [0.5, 0.6) is 5.88 Å². The average Bonchev–Trinajstić information content (AvgIpc) is 3.22. The van der Waals surface area contributed by atoms with Gasteiger partial charge in [0.25, 0.3) is 5.91 Å².